The second-order valence-corrected chi connectivity index (χ2v) is 9.34. The molecule has 0 spiro atoms. The fourth-order valence-corrected chi connectivity index (χ4v) is 6.26. The fraction of sp³-hybridized carbons (Fsp3) is 0.412. The van der Waals surface area contributed by atoms with Crippen LogP contribution in [0.4, 0.5) is 5.13 Å². The van der Waals surface area contributed by atoms with Gasteiger partial charge in [0.15, 0.2) is 5.13 Å². The van der Waals surface area contributed by atoms with E-state index in [4.69, 9.17) is 0 Å². The summed E-state index contributed by atoms with van der Waals surface area (Å²) in [6.45, 7) is 7.76. The van der Waals surface area contributed by atoms with E-state index >= 15 is 0 Å². The predicted molar refractivity (Wildman–Crippen MR) is 98.4 cm³/mol. The lowest BCUT2D eigenvalue weighted by atomic mass is 10.1. The first-order chi connectivity index (χ1) is 11.7. The molecule has 0 unspecified atom stereocenters. The highest BCUT2D eigenvalue weighted by Crippen LogP contribution is 2.33. The van der Waals surface area contributed by atoms with E-state index in [2.05, 4.69) is 10.3 Å². The summed E-state index contributed by atoms with van der Waals surface area (Å²) < 4.78 is 27.9. The quantitative estimate of drug-likeness (QED) is 0.889. The van der Waals surface area contributed by atoms with Crippen LogP contribution < -0.4 is 5.32 Å². The lowest BCUT2D eigenvalue weighted by molar-refractivity contribution is -0.114. The number of aryl methyl sites for hydroxylation is 3. The van der Waals surface area contributed by atoms with Crippen molar-refractivity contribution in [2.45, 2.75) is 45.6 Å². The Morgan fingerprint density at radius 3 is 2.48 bits per heavy atom. The molecule has 1 aliphatic heterocycles. The van der Waals surface area contributed by atoms with Crippen molar-refractivity contribution in [3.8, 4) is 0 Å². The fourth-order valence-electron chi connectivity index (χ4n) is 3.28. The van der Waals surface area contributed by atoms with Crippen LogP contribution in [0.1, 0.15) is 34.2 Å². The van der Waals surface area contributed by atoms with Crippen molar-refractivity contribution in [1.82, 2.24) is 9.29 Å². The highest BCUT2D eigenvalue weighted by atomic mass is 32.2. The SMILES string of the molecule is CC(=O)Nc1nc2c(s1)CN(S(=O)(=O)c1c(C)cc(C)cc1C)CC2. The molecular formula is C17H21N3O3S2. The third kappa shape index (κ3) is 3.47. The summed E-state index contributed by atoms with van der Waals surface area (Å²) in [4.78, 5) is 16.9. The largest absolute Gasteiger partial charge is 0.302 e. The van der Waals surface area contributed by atoms with Crippen LogP contribution in [0, 0.1) is 20.8 Å². The zero-order valence-corrected chi connectivity index (χ0v) is 16.3. The zero-order chi connectivity index (χ0) is 18.4. The normalized spacial score (nSPS) is 15.0. The number of anilines is 1. The minimum Gasteiger partial charge on any atom is -0.302 e. The molecule has 0 radical (unpaired) electrons. The molecule has 1 aliphatic rings. The van der Waals surface area contributed by atoms with Crippen LogP contribution in [0.2, 0.25) is 0 Å². The maximum atomic E-state index is 13.2. The number of nitrogens with one attached hydrogen (secondary N) is 1. The molecule has 2 aromatic rings. The lowest BCUT2D eigenvalue weighted by Crippen LogP contribution is -2.36. The number of carbonyl (C=O) groups is 1. The summed E-state index contributed by atoms with van der Waals surface area (Å²) in [6.07, 6.45) is 0.550. The average Bonchev–Trinajstić information content (AvgIpc) is 2.85. The van der Waals surface area contributed by atoms with Crippen molar-refractivity contribution in [1.29, 1.82) is 0 Å². The van der Waals surface area contributed by atoms with Crippen LogP contribution in [-0.4, -0.2) is 30.2 Å². The van der Waals surface area contributed by atoms with Crippen molar-refractivity contribution >= 4 is 32.4 Å². The second kappa shape index (κ2) is 6.51. The molecule has 0 aliphatic carbocycles. The number of amides is 1. The molecule has 0 fully saturated rings. The number of aromatic nitrogens is 1. The van der Waals surface area contributed by atoms with E-state index in [0.29, 0.717) is 29.5 Å². The first-order valence-electron chi connectivity index (χ1n) is 8.02. The maximum absolute atomic E-state index is 13.2. The summed E-state index contributed by atoms with van der Waals surface area (Å²) in [5, 5.41) is 3.20. The van der Waals surface area contributed by atoms with Gasteiger partial charge in [0.25, 0.3) is 0 Å². The number of hydrogen-bond donors (Lipinski definition) is 1. The van der Waals surface area contributed by atoms with Crippen molar-refractivity contribution in [3.05, 3.63) is 39.4 Å². The Kier molecular flexibility index (Phi) is 4.70. The molecule has 1 N–H and O–H groups in total. The van der Waals surface area contributed by atoms with Crippen molar-refractivity contribution in [2.24, 2.45) is 0 Å². The van der Waals surface area contributed by atoms with Gasteiger partial charge in [-0.05, 0) is 31.9 Å². The van der Waals surface area contributed by atoms with Crippen LogP contribution in [0.25, 0.3) is 0 Å². The van der Waals surface area contributed by atoms with Gasteiger partial charge < -0.3 is 5.32 Å². The standard InChI is InChI=1S/C17H21N3O3S2/c1-10-7-11(2)16(12(3)8-10)25(22,23)20-6-5-14-15(9-20)24-17(19-14)18-13(4)21/h7-8H,5-6,9H2,1-4H3,(H,18,19,21). The Bertz CT molecular complexity index is 925. The van der Waals surface area contributed by atoms with Crippen molar-refractivity contribution in [3.63, 3.8) is 0 Å². The Morgan fingerprint density at radius 1 is 1.24 bits per heavy atom. The molecule has 8 heteroatoms. The van der Waals surface area contributed by atoms with E-state index in [9.17, 15) is 13.2 Å². The summed E-state index contributed by atoms with van der Waals surface area (Å²) in [5.41, 5.74) is 3.47. The monoisotopic (exact) mass is 379 g/mol. The Hall–Kier alpha value is -1.77. The van der Waals surface area contributed by atoms with Crippen molar-refractivity contribution in [2.75, 3.05) is 11.9 Å². The minimum atomic E-state index is -3.57. The third-order valence-electron chi connectivity index (χ3n) is 4.18. The van der Waals surface area contributed by atoms with Gasteiger partial charge in [-0.2, -0.15) is 4.31 Å². The van der Waals surface area contributed by atoms with Gasteiger partial charge in [0.05, 0.1) is 17.1 Å². The molecule has 6 nitrogen and oxygen atoms in total. The number of nitrogens with zero attached hydrogens (tertiary/aromatic N) is 2. The summed E-state index contributed by atoms with van der Waals surface area (Å²) in [6, 6.07) is 3.80. The first kappa shape index (κ1) is 18.0. The Labute approximate surface area is 151 Å². The number of carbonyl (C=O) groups excluding carboxylic acids is 1. The second-order valence-electron chi connectivity index (χ2n) is 6.39. The number of sulfonamides is 1. The summed E-state index contributed by atoms with van der Waals surface area (Å²) in [7, 11) is -3.57. The lowest BCUT2D eigenvalue weighted by Gasteiger charge is -2.27. The van der Waals surface area contributed by atoms with Crippen LogP contribution in [0.5, 0.6) is 0 Å². The molecule has 25 heavy (non-hydrogen) atoms. The molecule has 134 valence electrons. The van der Waals surface area contributed by atoms with E-state index in [0.717, 1.165) is 27.3 Å². The van der Waals surface area contributed by atoms with Crippen LogP contribution >= 0.6 is 11.3 Å². The van der Waals surface area contributed by atoms with Gasteiger partial charge >= 0.3 is 0 Å². The highest BCUT2D eigenvalue weighted by Gasteiger charge is 2.32. The van der Waals surface area contributed by atoms with Gasteiger partial charge in [-0.15, -0.1) is 11.3 Å². The number of benzene rings is 1. The third-order valence-corrected chi connectivity index (χ3v) is 7.33. The maximum Gasteiger partial charge on any atom is 0.243 e. The smallest absolute Gasteiger partial charge is 0.243 e. The molecule has 0 saturated carbocycles. The van der Waals surface area contributed by atoms with Gasteiger partial charge in [0.1, 0.15) is 0 Å². The molecule has 3 rings (SSSR count). The molecular weight excluding hydrogens is 358 g/mol. The van der Waals surface area contributed by atoms with E-state index < -0.39 is 10.0 Å². The van der Waals surface area contributed by atoms with Gasteiger partial charge in [-0.25, -0.2) is 13.4 Å². The van der Waals surface area contributed by atoms with E-state index in [-0.39, 0.29) is 5.91 Å². The van der Waals surface area contributed by atoms with E-state index in [1.54, 1.807) is 0 Å². The Balaban J connectivity index is 1.93. The molecule has 0 saturated heterocycles. The molecule has 1 amide bonds. The van der Waals surface area contributed by atoms with Crippen LogP contribution in [0.15, 0.2) is 17.0 Å². The Morgan fingerprint density at radius 2 is 1.88 bits per heavy atom. The summed E-state index contributed by atoms with van der Waals surface area (Å²) in [5.74, 6) is -0.179. The highest BCUT2D eigenvalue weighted by molar-refractivity contribution is 7.89. The van der Waals surface area contributed by atoms with Crippen LogP contribution in [-0.2, 0) is 27.8 Å². The topological polar surface area (TPSA) is 79.4 Å². The molecule has 0 atom stereocenters. The number of fused-ring (bicyclic) bond motifs is 1. The van der Waals surface area contributed by atoms with Gasteiger partial charge in [-0.1, -0.05) is 17.7 Å². The van der Waals surface area contributed by atoms with Crippen LogP contribution in [0.3, 0.4) is 0 Å². The van der Waals surface area contributed by atoms with Gasteiger partial charge in [0, 0.05) is 24.8 Å². The molecule has 2 heterocycles. The molecule has 1 aromatic carbocycles. The first-order valence-corrected chi connectivity index (χ1v) is 10.3. The summed E-state index contributed by atoms with van der Waals surface area (Å²) >= 11 is 1.34. The number of rotatable bonds is 3. The van der Waals surface area contributed by atoms with E-state index in [1.165, 1.54) is 22.6 Å². The van der Waals surface area contributed by atoms with Crippen molar-refractivity contribution < 1.29 is 13.2 Å². The van der Waals surface area contributed by atoms with Gasteiger partial charge in [-0.3, -0.25) is 4.79 Å². The minimum absolute atomic E-state index is 0.179. The molecule has 1 aromatic heterocycles. The predicted octanol–water partition coefficient (Wildman–Crippen LogP) is 2.77. The number of thiazole rings is 1. The van der Waals surface area contributed by atoms with E-state index in [1.807, 2.05) is 32.9 Å². The van der Waals surface area contributed by atoms with Gasteiger partial charge in [0.2, 0.25) is 15.9 Å². The zero-order valence-electron chi connectivity index (χ0n) is 14.7. The number of hydrogen-bond acceptors (Lipinski definition) is 5. The molecule has 0 bridgehead atoms. The average molecular weight is 380 g/mol.